The van der Waals surface area contributed by atoms with Crippen molar-refractivity contribution in [1.29, 1.82) is 0 Å². The molecule has 0 saturated heterocycles. The Bertz CT molecular complexity index is 1100. The summed E-state index contributed by atoms with van der Waals surface area (Å²) in [6.45, 7) is 0. The Morgan fingerprint density at radius 1 is 1.23 bits per heavy atom. The second kappa shape index (κ2) is 9.72. The molecule has 0 aliphatic heterocycles. The van der Waals surface area contributed by atoms with E-state index in [9.17, 15) is 9.59 Å². The molecule has 0 bridgehead atoms. The fourth-order valence-electron chi connectivity index (χ4n) is 2.89. The first-order chi connectivity index (χ1) is 15.0. The average Bonchev–Trinajstić information content (AvgIpc) is 3.50. The SMILES string of the molecule is COc1ccc(Cl)cc1C(=O)Nc1sc(SCC(=O)NC2CC2)nc1-c1ccccc1. The van der Waals surface area contributed by atoms with Gasteiger partial charge < -0.3 is 15.4 Å². The number of benzene rings is 2. The summed E-state index contributed by atoms with van der Waals surface area (Å²) in [6.07, 6.45) is 2.10. The van der Waals surface area contributed by atoms with Crippen LogP contribution in [0.3, 0.4) is 0 Å². The maximum Gasteiger partial charge on any atom is 0.260 e. The molecule has 2 amide bonds. The largest absolute Gasteiger partial charge is 0.496 e. The predicted octanol–water partition coefficient (Wildman–Crippen LogP) is 5.10. The maximum atomic E-state index is 13.0. The lowest BCUT2D eigenvalue weighted by Crippen LogP contribution is -2.26. The highest BCUT2D eigenvalue weighted by Gasteiger charge is 2.24. The molecule has 1 heterocycles. The smallest absolute Gasteiger partial charge is 0.260 e. The van der Waals surface area contributed by atoms with Gasteiger partial charge >= 0.3 is 0 Å². The van der Waals surface area contributed by atoms with Crippen LogP contribution in [0.4, 0.5) is 5.00 Å². The van der Waals surface area contributed by atoms with Crippen LogP contribution in [-0.4, -0.2) is 35.7 Å². The molecular formula is C22H20ClN3O3S2. The molecule has 31 heavy (non-hydrogen) atoms. The molecule has 1 saturated carbocycles. The molecule has 4 rings (SSSR count). The summed E-state index contributed by atoms with van der Waals surface area (Å²) in [4.78, 5) is 29.7. The van der Waals surface area contributed by atoms with Crippen molar-refractivity contribution in [2.45, 2.75) is 23.2 Å². The number of ether oxygens (including phenoxy) is 1. The number of nitrogens with zero attached hydrogens (tertiary/aromatic N) is 1. The van der Waals surface area contributed by atoms with Gasteiger partial charge in [0.1, 0.15) is 16.4 Å². The van der Waals surface area contributed by atoms with Gasteiger partial charge in [0.25, 0.3) is 5.91 Å². The number of thioether (sulfide) groups is 1. The van der Waals surface area contributed by atoms with Crippen LogP contribution >= 0.6 is 34.7 Å². The standard InChI is InChI=1S/C22H20ClN3O3S2/c1-29-17-10-7-14(23)11-16(17)20(28)26-21-19(13-5-3-2-4-6-13)25-22(31-21)30-12-18(27)24-15-8-9-15/h2-7,10-11,15H,8-9,12H2,1H3,(H,24,27)(H,26,28). The van der Waals surface area contributed by atoms with Gasteiger partial charge in [0, 0.05) is 16.6 Å². The van der Waals surface area contributed by atoms with E-state index >= 15 is 0 Å². The molecule has 0 radical (unpaired) electrons. The van der Waals surface area contributed by atoms with E-state index in [1.807, 2.05) is 30.3 Å². The van der Waals surface area contributed by atoms with Gasteiger partial charge in [0.2, 0.25) is 5.91 Å². The molecule has 1 fully saturated rings. The van der Waals surface area contributed by atoms with E-state index in [4.69, 9.17) is 16.3 Å². The summed E-state index contributed by atoms with van der Waals surface area (Å²) >= 11 is 8.77. The minimum absolute atomic E-state index is 0.00166. The Morgan fingerprint density at radius 3 is 2.71 bits per heavy atom. The number of methoxy groups -OCH3 is 1. The third-order valence-electron chi connectivity index (χ3n) is 4.56. The monoisotopic (exact) mass is 473 g/mol. The van der Waals surface area contributed by atoms with Crippen molar-refractivity contribution in [3.8, 4) is 17.0 Å². The Hall–Kier alpha value is -2.55. The molecule has 1 aromatic heterocycles. The van der Waals surface area contributed by atoms with Gasteiger partial charge in [0.05, 0.1) is 18.4 Å². The lowest BCUT2D eigenvalue weighted by molar-refractivity contribution is -0.118. The highest BCUT2D eigenvalue weighted by molar-refractivity contribution is 8.01. The highest BCUT2D eigenvalue weighted by Crippen LogP contribution is 2.38. The van der Waals surface area contributed by atoms with Crippen molar-refractivity contribution in [1.82, 2.24) is 10.3 Å². The van der Waals surface area contributed by atoms with Crippen molar-refractivity contribution < 1.29 is 14.3 Å². The summed E-state index contributed by atoms with van der Waals surface area (Å²) in [5, 5.41) is 6.95. The van der Waals surface area contributed by atoms with E-state index in [1.165, 1.54) is 30.2 Å². The van der Waals surface area contributed by atoms with Crippen LogP contribution in [0.15, 0.2) is 52.9 Å². The van der Waals surface area contributed by atoms with E-state index in [1.54, 1.807) is 18.2 Å². The maximum absolute atomic E-state index is 13.0. The number of nitrogens with one attached hydrogen (secondary N) is 2. The fourth-order valence-corrected chi connectivity index (χ4v) is 4.93. The second-order valence-electron chi connectivity index (χ2n) is 6.95. The van der Waals surface area contributed by atoms with Crippen LogP contribution in [0.1, 0.15) is 23.2 Å². The molecular weight excluding hydrogens is 454 g/mol. The van der Waals surface area contributed by atoms with Gasteiger partial charge in [-0.25, -0.2) is 4.98 Å². The topological polar surface area (TPSA) is 80.3 Å². The zero-order valence-electron chi connectivity index (χ0n) is 16.7. The first kappa shape index (κ1) is 21.7. The molecule has 2 N–H and O–H groups in total. The molecule has 1 aliphatic rings. The molecule has 1 aliphatic carbocycles. The normalized spacial score (nSPS) is 13.0. The molecule has 2 aromatic carbocycles. The van der Waals surface area contributed by atoms with Crippen molar-refractivity contribution >= 4 is 51.5 Å². The number of carbonyl (C=O) groups is 2. The molecule has 0 spiro atoms. The lowest BCUT2D eigenvalue weighted by atomic mass is 10.1. The Kier molecular flexibility index (Phi) is 6.80. The van der Waals surface area contributed by atoms with Crippen LogP contribution in [-0.2, 0) is 4.79 Å². The number of amides is 2. The minimum atomic E-state index is -0.344. The molecule has 0 atom stereocenters. The third-order valence-corrected chi connectivity index (χ3v) is 6.91. The zero-order valence-corrected chi connectivity index (χ0v) is 19.1. The van der Waals surface area contributed by atoms with Crippen LogP contribution in [0.25, 0.3) is 11.3 Å². The first-order valence-electron chi connectivity index (χ1n) is 9.67. The summed E-state index contributed by atoms with van der Waals surface area (Å²) in [5.41, 5.74) is 1.87. The van der Waals surface area contributed by atoms with E-state index in [-0.39, 0.29) is 17.6 Å². The molecule has 160 valence electrons. The molecule has 0 unspecified atom stereocenters. The third kappa shape index (κ3) is 5.58. The Labute approximate surface area is 193 Å². The van der Waals surface area contributed by atoms with Crippen molar-refractivity contribution in [3.05, 3.63) is 59.1 Å². The Morgan fingerprint density at radius 2 is 2.00 bits per heavy atom. The predicted molar refractivity (Wildman–Crippen MR) is 125 cm³/mol. The molecule has 9 heteroatoms. The fraction of sp³-hybridized carbons (Fsp3) is 0.227. The number of carbonyl (C=O) groups excluding carboxylic acids is 2. The summed E-state index contributed by atoms with van der Waals surface area (Å²) < 4.78 is 6.01. The summed E-state index contributed by atoms with van der Waals surface area (Å²) in [7, 11) is 1.50. The molecule has 6 nitrogen and oxygen atoms in total. The van der Waals surface area contributed by atoms with Crippen LogP contribution < -0.4 is 15.4 Å². The van der Waals surface area contributed by atoms with Crippen molar-refractivity contribution in [2.24, 2.45) is 0 Å². The van der Waals surface area contributed by atoms with Crippen molar-refractivity contribution in [2.75, 3.05) is 18.2 Å². The van der Waals surface area contributed by atoms with Gasteiger partial charge in [-0.15, -0.1) is 0 Å². The van der Waals surface area contributed by atoms with Gasteiger partial charge in [-0.1, -0.05) is 65.0 Å². The van der Waals surface area contributed by atoms with Crippen molar-refractivity contribution in [3.63, 3.8) is 0 Å². The number of hydrogen-bond donors (Lipinski definition) is 2. The number of anilines is 1. The number of aromatic nitrogens is 1. The Balaban J connectivity index is 1.57. The number of halogens is 1. The number of hydrogen-bond acceptors (Lipinski definition) is 6. The van der Waals surface area contributed by atoms with E-state index in [0.717, 1.165) is 18.4 Å². The van der Waals surface area contributed by atoms with E-state index in [0.29, 0.717) is 37.4 Å². The highest BCUT2D eigenvalue weighted by atomic mass is 35.5. The summed E-state index contributed by atoms with van der Waals surface area (Å²) in [6, 6.07) is 14.8. The lowest BCUT2D eigenvalue weighted by Gasteiger charge is -2.09. The minimum Gasteiger partial charge on any atom is -0.496 e. The van der Waals surface area contributed by atoms with Crippen LogP contribution in [0.2, 0.25) is 5.02 Å². The van der Waals surface area contributed by atoms with Gasteiger partial charge in [-0.2, -0.15) is 0 Å². The molecule has 3 aromatic rings. The van der Waals surface area contributed by atoms with Gasteiger partial charge in [-0.05, 0) is 31.0 Å². The number of thiazole rings is 1. The first-order valence-corrected chi connectivity index (χ1v) is 11.8. The second-order valence-corrected chi connectivity index (χ2v) is 9.61. The summed E-state index contributed by atoms with van der Waals surface area (Å²) in [5.74, 6) is 0.369. The quantitative estimate of drug-likeness (QED) is 0.445. The number of rotatable bonds is 8. The van der Waals surface area contributed by atoms with Gasteiger partial charge in [0.15, 0.2) is 4.34 Å². The van der Waals surface area contributed by atoms with Crippen LogP contribution in [0, 0.1) is 0 Å². The zero-order chi connectivity index (χ0) is 21.8. The average molecular weight is 474 g/mol. The van der Waals surface area contributed by atoms with Gasteiger partial charge in [-0.3, -0.25) is 9.59 Å². The van der Waals surface area contributed by atoms with E-state index in [2.05, 4.69) is 15.6 Å². The van der Waals surface area contributed by atoms with E-state index < -0.39 is 0 Å². The van der Waals surface area contributed by atoms with Crippen LogP contribution in [0.5, 0.6) is 5.75 Å².